The Bertz CT molecular complexity index is 258. The van der Waals surface area contributed by atoms with Crippen molar-refractivity contribution in [1.29, 1.82) is 0 Å². The molecule has 2 N–H and O–H groups in total. The van der Waals surface area contributed by atoms with Gasteiger partial charge in [-0.15, -0.1) is 0 Å². The molecule has 3 heteroatoms. The molecule has 0 bridgehead atoms. The van der Waals surface area contributed by atoms with Crippen LogP contribution in [0.2, 0.25) is 0 Å². The fourth-order valence-corrected chi connectivity index (χ4v) is 0.990. The Balaban J connectivity index is 2.78. The van der Waals surface area contributed by atoms with E-state index in [0.717, 1.165) is 5.56 Å². The number of nitrogens with one attached hydrogen (secondary N) is 1. The van der Waals surface area contributed by atoms with Crippen molar-refractivity contribution in [2.24, 2.45) is 0 Å². The molecular formula is C9H11NO2. The first kappa shape index (κ1) is 8.74. The Kier molecular flexibility index (Phi) is 2.82. The van der Waals surface area contributed by atoms with Crippen LogP contribution in [0, 0.1) is 0 Å². The summed E-state index contributed by atoms with van der Waals surface area (Å²) in [7, 11) is 0. The standard InChI is InChI=1S/C9H11NO2/c1-7(9(11)10-12)8-5-3-2-4-6-8/h2-7,12H,1H3,(H,10,11)/t7-/m0/s1. The monoisotopic (exact) mass is 165 g/mol. The molecule has 0 saturated heterocycles. The molecule has 1 aromatic rings. The van der Waals surface area contributed by atoms with E-state index in [4.69, 9.17) is 5.21 Å². The minimum Gasteiger partial charge on any atom is -0.289 e. The van der Waals surface area contributed by atoms with Gasteiger partial charge in [0.25, 0.3) is 5.91 Å². The molecule has 0 unspecified atom stereocenters. The van der Waals surface area contributed by atoms with Crippen molar-refractivity contribution in [1.82, 2.24) is 5.48 Å². The van der Waals surface area contributed by atoms with Gasteiger partial charge in [-0.1, -0.05) is 30.3 Å². The van der Waals surface area contributed by atoms with E-state index in [-0.39, 0.29) is 11.8 Å². The number of hydrogen-bond donors (Lipinski definition) is 2. The van der Waals surface area contributed by atoms with Gasteiger partial charge in [0.05, 0.1) is 5.92 Å². The molecule has 1 amide bonds. The van der Waals surface area contributed by atoms with Crippen LogP contribution in [0.4, 0.5) is 0 Å². The second-order valence-electron chi connectivity index (χ2n) is 2.61. The number of carbonyl (C=O) groups is 1. The molecular weight excluding hydrogens is 154 g/mol. The molecule has 0 spiro atoms. The van der Waals surface area contributed by atoms with Crippen LogP contribution in [0.5, 0.6) is 0 Å². The van der Waals surface area contributed by atoms with E-state index in [1.165, 1.54) is 0 Å². The smallest absolute Gasteiger partial charge is 0.250 e. The largest absolute Gasteiger partial charge is 0.289 e. The maximum atomic E-state index is 11.0. The van der Waals surface area contributed by atoms with E-state index in [0.29, 0.717) is 0 Å². The number of amides is 1. The molecule has 12 heavy (non-hydrogen) atoms. The highest BCUT2D eigenvalue weighted by atomic mass is 16.5. The SMILES string of the molecule is C[C@H](C(=O)NO)c1ccccc1. The summed E-state index contributed by atoms with van der Waals surface area (Å²) in [5.41, 5.74) is 2.52. The third kappa shape index (κ3) is 1.83. The van der Waals surface area contributed by atoms with E-state index in [1.54, 1.807) is 12.4 Å². The Hall–Kier alpha value is -1.35. The fourth-order valence-electron chi connectivity index (χ4n) is 0.990. The quantitative estimate of drug-likeness (QED) is 0.512. The van der Waals surface area contributed by atoms with Crippen molar-refractivity contribution in [2.75, 3.05) is 0 Å². The molecule has 1 aromatic carbocycles. The van der Waals surface area contributed by atoms with Crippen molar-refractivity contribution in [3.8, 4) is 0 Å². The van der Waals surface area contributed by atoms with E-state index < -0.39 is 0 Å². The summed E-state index contributed by atoms with van der Waals surface area (Å²) in [6, 6.07) is 9.29. The third-order valence-electron chi connectivity index (χ3n) is 1.80. The van der Waals surface area contributed by atoms with Crippen LogP contribution in [-0.2, 0) is 4.79 Å². The predicted molar refractivity (Wildman–Crippen MR) is 44.8 cm³/mol. The topological polar surface area (TPSA) is 49.3 Å². The maximum Gasteiger partial charge on any atom is 0.250 e. The Morgan fingerprint density at radius 3 is 2.50 bits per heavy atom. The summed E-state index contributed by atoms with van der Waals surface area (Å²) in [6.07, 6.45) is 0. The zero-order chi connectivity index (χ0) is 8.97. The summed E-state index contributed by atoms with van der Waals surface area (Å²) in [6.45, 7) is 1.74. The minimum absolute atomic E-state index is 0.309. The van der Waals surface area contributed by atoms with Gasteiger partial charge in [0.15, 0.2) is 0 Å². The van der Waals surface area contributed by atoms with Crippen LogP contribution < -0.4 is 5.48 Å². The first-order valence-corrected chi connectivity index (χ1v) is 3.74. The highest BCUT2D eigenvalue weighted by Gasteiger charge is 2.12. The average Bonchev–Trinajstić information content (AvgIpc) is 2.17. The molecule has 0 heterocycles. The summed E-state index contributed by atoms with van der Waals surface area (Å²) in [5, 5.41) is 8.37. The Labute approximate surface area is 71.0 Å². The molecule has 0 saturated carbocycles. The second-order valence-corrected chi connectivity index (χ2v) is 2.61. The summed E-state index contributed by atoms with van der Waals surface area (Å²) >= 11 is 0. The molecule has 0 aromatic heterocycles. The van der Waals surface area contributed by atoms with Crippen molar-refractivity contribution in [3.05, 3.63) is 35.9 Å². The van der Waals surface area contributed by atoms with Gasteiger partial charge in [-0.3, -0.25) is 10.0 Å². The zero-order valence-corrected chi connectivity index (χ0v) is 6.82. The van der Waals surface area contributed by atoms with Crippen molar-refractivity contribution in [2.45, 2.75) is 12.8 Å². The van der Waals surface area contributed by atoms with Crippen molar-refractivity contribution in [3.63, 3.8) is 0 Å². The van der Waals surface area contributed by atoms with E-state index in [1.807, 2.05) is 30.3 Å². The Morgan fingerprint density at radius 2 is 2.00 bits per heavy atom. The normalized spacial score (nSPS) is 12.2. The van der Waals surface area contributed by atoms with Crippen molar-refractivity contribution >= 4 is 5.91 Å². The number of rotatable bonds is 2. The molecule has 0 aliphatic rings. The lowest BCUT2D eigenvalue weighted by atomic mass is 10.0. The van der Waals surface area contributed by atoms with Gasteiger partial charge in [0.2, 0.25) is 0 Å². The third-order valence-corrected chi connectivity index (χ3v) is 1.80. The van der Waals surface area contributed by atoms with Crippen LogP contribution in [0.3, 0.4) is 0 Å². The van der Waals surface area contributed by atoms with Crippen LogP contribution in [-0.4, -0.2) is 11.1 Å². The van der Waals surface area contributed by atoms with Crippen LogP contribution in [0.25, 0.3) is 0 Å². The fraction of sp³-hybridized carbons (Fsp3) is 0.222. The molecule has 0 radical (unpaired) electrons. The maximum absolute atomic E-state index is 11.0. The zero-order valence-electron chi connectivity index (χ0n) is 6.82. The number of hydroxylamine groups is 1. The average molecular weight is 165 g/mol. The number of hydrogen-bond acceptors (Lipinski definition) is 2. The second kappa shape index (κ2) is 3.88. The first-order chi connectivity index (χ1) is 5.75. The van der Waals surface area contributed by atoms with Crippen molar-refractivity contribution < 1.29 is 10.0 Å². The minimum atomic E-state index is -0.388. The van der Waals surface area contributed by atoms with E-state index in [2.05, 4.69) is 0 Å². The molecule has 1 rings (SSSR count). The summed E-state index contributed by atoms with van der Waals surface area (Å²) in [5.74, 6) is -0.697. The predicted octanol–water partition coefficient (Wildman–Crippen LogP) is 1.30. The summed E-state index contributed by atoms with van der Waals surface area (Å²) < 4.78 is 0. The van der Waals surface area contributed by atoms with Gasteiger partial charge < -0.3 is 0 Å². The number of benzene rings is 1. The van der Waals surface area contributed by atoms with Crippen LogP contribution in [0.15, 0.2) is 30.3 Å². The number of carbonyl (C=O) groups excluding carboxylic acids is 1. The van der Waals surface area contributed by atoms with E-state index in [9.17, 15) is 4.79 Å². The molecule has 3 nitrogen and oxygen atoms in total. The Morgan fingerprint density at radius 1 is 1.42 bits per heavy atom. The summed E-state index contributed by atoms with van der Waals surface area (Å²) in [4.78, 5) is 11.0. The highest BCUT2D eigenvalue weighted by Crippen LogP contribution is 2.13. The van der Waals surface area contributed by atoms with Gasteiger partial charge in [0, 0.05) is 0 Å². The van der Waals surface area contributed by atoms with Gasteiger partial charge in [-0.25, -0.2) is 5.48 Å². The van der Waals surface area contributed by atoms with E-state index >= 15 is 0 Å². The van der Waals surface area contributed by atoms with Gasteiger partial charge in [-0.05, 0) is 12.5 Å². The molecule has 0 aliphatic heterocycles. The lowest BCUT2D eigenvalue weighted by Gasteiger charge is -2.08. The highest BCUT2D eigenvalue weighted by molar-refractivity contribution is 5.82. The molecule has 1 atom stereocenters. The molecule has 0 fully saturated rings. The van der Waals surface area contributed by atoms with Gasteiger partial charge >= 0.3 is 0 Å². The lowest BCUT2D eigenvalue weighted by Crippen LogP contribution is -2.24. The van der Waals surface area contributed by atoms with Gasteiger partial charge in [0.1, 0.15) is 0 Å². The van der Waals surface area contributed by atoms with Crippen LogP contribution >= 0.6 is 0 Å². The molecule has 64 valence electrons. The first-order valence-electron chi connectivity index (χ1n) is 3.74. The lowest BCUT2D eigenvalue weighted by molar-refractivity contribution is -0.130. The molecule has 0 aliphatic carbocycles. The van der Waals surface area contributed by atoms with Gasteiger partial charge in [-0.2, -0.15) is 0 Å². The van der Waals surface area contributed by atoms with Crippen LogP contribution in [0.1, 0.15) is 18.4 Å².